The molecule has 0 saturated carbocycles. The highest BCUT2D eigenvalue weighted by atomic mass is 32.1. The van der Waals surface area contributed by atoms with Crippen LogP contribution in [-0.4, -0.2) is 39.2 Å². The van der Waals surface area contributed by atoms with Crippen molar-refractivity contribution in [2.24, 2.45) is 5.92 Å². The van der Waals surface area contributed by atoms with Crippen LogP contribution in [0.1, 0.15) is 18.4 Å². The van der Waals surface area contributed by atoms with E-state index in [-0.39, 0.29) is 11.8 Å². The molecule has 1 N–H and O–H groups in total. The smallest absolute Gasteiger partial charge is 0.229 e. The van der Waals surface area contributed by atoms with Crippen molar-refractivity contribution in [1.82, 2.24) is 20.2 Å². The zero-order valence-corrected chi connectivity index (χ0v) is 21.3. The number of piperidine rings is 1. The molecule has 8 heteroatoms. The Morgan fingerprint density at radius 2 is 1.81 bits per heavy atom. The van der Waals surface area contributed by atoms with Crippen LogP contribution in [-0.2, 0) is 4.79 Å². The fourth-order valence-electron chi connectivity index (χ4n) is 4.67. The van der Waals surface area contributed by atoms with Gasteiger partial charge in [-0.1, -0.05) is 6.07 Å². The highest BCUT2D eigenvalue weighted by Gasteiger charge is 2.27. The predicted molar refractivity (Wildman–Crippen MR) is 149 cm³/mol. The third-order valence-corrected chi connectivity index (χ3v) is 7.75. The summed E-state index contributed by atoms with van der Waals surface area (Å²) in [6.07, 6.45) is 5.28. The van der Waals surface area contributed by atoms with Crippen LogP contribution in [0.2, 0.25) is 0 Å². The topological polar surface area (TPSA) is 83.9 Å². The number of aromatic nitrogens is 4. The molecule has 1 aliphatic heterocycles. The SMILES string of the molecule is Cc1ccc2nc(-c3ccc(NC(=O)C4CCCN(c5ccc(-c6ccncc6)nn5)C4)cc3)sc2c1. The van der Waals surface area contributed by atoms with Crippen molar-refractivity contribution < 1.29 is 4.79 Å². The van der Waals surface area contributed by atoms with Crippen LogP contribution < -0.4 is 10.2 Å². The average Bonchev–Trinajstić information content (AvgIpc) is 3.37. The third-order valence-electron chi connectivity index (χ3n) is 6.69. The lowest BCUT2D eigenvalue weighted by Gasteiger charge is -2.32. The molecule has 2 aromatic carbocycles. The van der Waals surface area contributed by atoms with Crippen molar-refractivity contribution in [2.75, 3.05) is 23.3 Å². The van der Waals surface area contributed by atoms with Crippen LogP contribution >= 0.6 is 11.3 Å². The maximum atomic E-state index is 13.1. The summed E-state index contributed by atoms with van der Waals surface area (Å²) >= 11 is 1.69. The van der Waals surface area contributed by atoms with E-state index in [2.05, 4.69) is 50.5 Å². The molecule has 7 nitrogen and oxygen atoms in total. The summed E-state index contributed by atoms with van der Waals surface area (Å²) < 4.78 is 1.19. The Hall–Kier alpha value is -4.17. The number of thiazole rings is 1. The first-order valence-corrected chi connectivity index (χ1v) is 13.2. The van der Waals surface area contributed by atoms with Gasteiger partial charge >= 0.3 is 0 Å². The summed E-state index contributed by atoms with van der Waals surface area (Å²) in [6, 6.07) is 22.0. The van der Waals surface area contributed by atoms with Crippen molar-refractivity contribution in [3.8, 4) is 21.8 Å². The highest BCUT2D eigenvalue weighted by molar-refractivity contribution is 7.21. The van der Waals surface area contributed by atoms with Crippen molar-refractivity contribution >= 4 is 39.0 Å². The van der Waals surface area contributed by atoms with Gasteiger partial charge in [-0.2, -0.15) is 0 Å². The number of benzene rings is 2. The number of aryl methyl sites for hydroxylation is 1. The number of hydrogen-bond acceptors (Lipinski definition) is 7. The van der Waals surface area contributed by atoms with Crippen LogP contribution in [0.15, 0.2) is 79.1 Å². The Morgan fingerprint density at radius 1 is 0.973 bits per heavy atom. The monoisotopic (exact) mass is 506 g/mol. The number of carbonyl (C=O) groups excluding carboxylic acids is 1. The number of nitrogens with zero attached hydrogens (tertiary/aromatic N) is 5. The molecule has 0 bridgehead atoms. The number of hydrogen-bond donors (Lipinski definition) is 1. The molecular weight excluding hydrogens is 480 g/mol. The van der Waals surface area contributed by atoms with Crippen LogP contribution in [0.4, 0.5) is 11.5 Å². The zero-order valence-electron chi connectivity index (χ0n) is 20.5. The van der Waals surface area contributed by atoms with Crippen molar-refractivity contribution in [1.29, 1.82) is 0 Å². The molecule has 5 aromatic rings. The number of anilines is 2. The van der Waals surface area contributed by atoms with Gasteiger partial charge < -0.3 is 10.2 Å². The van der Waals surface area contributed by atoms with E-state index in [0.29, 0.717) is 6.54 Å². The molecule has 4 heterocycles. The van der Waals surface area contributed by atoms with Crippen LogP contribution in [0, 0.1) is 12.8 Å². The Bertz CT molecular complexity index is 1530. The van der Waals surface area contributed by atoms with Crippen LogP contribution in [0.25, 0.3) is 32.0 Å². The van der Waals surface area contributed by atoms with Crippen LogP contribution in [0.3, 0.4) is 0 Å². The molecule has 0 aliphatic carbocycles. The van der Waals surface area contributed by atoms with Gasteiger partial charge in [0.05, 0.1) is 21.8 Å². The fourth-order valence-corrected chi connectivity index (χ4v) is 5.73. The van der Waals surface area contributed by atoms with Gasteiger partial charge in [0.25, 0.3) is 0 Å². The minimum absolute atomic E-state index is 0.0364. The highest BCUT2D eigenvalue weighted by Crippen LogP contribution is 2.31. The molecule has 0 radical (unpaired) electrons. The first-order chi connectivity index (χ1) is 18.1. The van der Waals surface area contributed by atoms with E-state index < -0.39 is 0 Å². The number of carbonyl (C=O) groups is 1. The Morgan fingerprint density at radius 3 is 2.59 bits per heavy atom. The van der Waals surface area contributed by atoms with E-state index >= 15 is 0 Å². The van der Waals surface area contributed by atoms with Gasteiger partial charge in [-0.05, 0) is 86.0 Å². The van der Waals surface area contributed by atoms with Gasteiger partial charge in [0.2, 0.25) is 5.91 Å². The van der Waals surface area contributed by atoms with Crippen molar-refractivity contribution in [3.05, 3.63) is 84.7 Å². The molecule has 37 heavy (non-hydrogen) atoms. The van der Waals surface area contributed by atoms with Gasteiger partial charge in [-0.25, -0.2) is 4.98 Å². The van der Waals surface area contributed by atoms with Crippen LogP contribution in [0.5, 0.6) is 0 Å². The molecule has 1 aliphatic rings. The standard InChI is InChI=1S/C29H26N6OS/c1-19-4-9-25-26(17-19)37-29(32-25)21-5-7-23(8-6-21)31-28(36)22-3-2-16-35(18-22)27-11-10-24(33-34-27)20-12-14-30-15-13-20/h4-15,17,22H,2-3,16,18H2,1H3,(H,31,36). The average molecular weight is 507 g/mol. The second-order valence-electron chi connectivity index (χ2n) is 9.35. The maximum Gasteiger partial charge on any atom is 0.229 e. The molecule has 0 spiro atoms. The second kappa shape index (κ2) is 10.1. The van der Waals surface area contributed by atoms with E-state index in [9.17, 15) is 4.79 Å². The molecular formula is C29H26N6OS. The minimum atomic E-state index is -0.109. The molecule has 1 saturated heterocycles. The number of pyridine rings is 1. The lowest BCUT2D eigenvalue weighted by molar-refractivity contribution is -0.120. The lowest BCUT2D eigenvalue weighted by Crippen LogP contribution is -2.41. The van der Waals surface area contributed by atoms with Gasteiger partial charge in [-0.3, -0.25) is 9.78 Å². The number of fused-ring (bicyclic) bond motifs is 1. The first-order valence-electron chi connectivity index (χ1n) is 12.4. The summed E-state index contributed by atoms with van der Waals surface area (Å²) in [6.45, 7) is 3.58. The summed E-state index contributed by atoms with van der Waals surface area (Å²) in [5, 5.41) is 12.9. The Labute approximate surface area is 219 Å². The van der Waals surface area contributed by atoms with Crippen molar-refractivity contribution in [3.63, 3.8) is 0 Å². The van der Waals surface area contributed by atoms with E-state index in [1.807, 2.05) is 48.5 Å². The number of amides is 1. The maximum absolute atomic E-state index is 13.1. The Kier molecular flexibility index (Phi) is 6.32. The molecule has 1 fully saturated rings. The minimum Gasteiger partial charge on any atom is -0.354 e. The fraction of sp³-hybridized carbons (Fsp3) is 0.207. The summed E-state index contributed by atoms with van der Waals surface area (Å²) in [5.74, 6) is 0.725. The van der Waals surface area contributed by atoms with E-state index in [4.69, 9.17) is 4.98 Å². The van der Waals surface area contributed by atoms with Gasteiger partial charge in [-0.15, -0.1) is 21.5 Å². The summed E-state index contributed by atoms with van der Waals surface area (Å²) in [7, 11) is 0. The number of rotatable bonds is 5. The van der Waals surface area contributed by atoms with E-state index in [1.165, 1.54) is 10.3 Å². The largest absolute Gasteiger partial charge is 0.354 e. The summed E-state index contributed by atoms with van der Waals surface area (Å²) in [5.41, 5.74) is 5.88. The van der Waals surface area contributed by atoms with Gasteiger partial charge in [0.15, 0.2) is 5.82 Å². The summed E-state index contributed by atoms with van der Waals surface area (Å²) in [4.78, 5) is 24.1. The molecule has 1 atom stereocenters. The van der Waals surface area contributed by atoms with Gasteiger partial charge in [0, 0.05) is 42.3 Å². The second-order valence-corrected chi connectivity index (χ2v) is 10.4. The van der Waals surface area contributed by atoms with Crippen molar-refractivity contribution in [2.45, 2.75) is 19.8 Å². The van der Waals surface area contributed by atoms with E-state index in [0.717, 1.165) is 58.2 Å². The molecule has 6 rings (SSSR count). The third kappa shape index (κ3) is 5.06. The lowest BCUT2D eigenvalue weighted by atomic mass is 9.97. The predicted octanol–water partition coefficient (Wildman–Crippen LogP) is 5.98. The first kappa shape index (κ1) is 23.2. The molecule has 1 unspecified atom stereocenters. The zero-order chi connectivity index (χ0) is 25.2. The molecule has 184 valence electrons. The molecule has 3 aromatic heterocycles. The Balaban J connectivity index is 1.10. The number of nitrogens with one attached hydrogen (secondary N) is 1. The molecule has 1 amide bonds. The van der Waals surface area contributed by atoms with E-state index in [1.54, 1.807) is 23.7 Å². The normalized spacial score (nSPS) is 15.6. The quantitative estimate of drug-likeness (QED) is 0.316. The van der Waals surface area contributed by atoms with Gasteiger partial charge in [0.1, 0.15) is 5.01 Å².